The van der Waals surface area contributed by atoms with Gasteiger partial charge in [-0.15, -0.1) is 11.3 Å². The highest BCUT2D eigenvalue weighted by Crippen LogP contribution is 2.32. The maximum atomic E-state index is 4.52. The van der Waals surface area contributed by atoms with E-state index < -0.39 is 0 Å². The highest BCUT2D eigenvalue weighted by atomic mass is 79.9. The molecular formula is C13H16BrN3S. The van der Waals surface area contributed by atoms with Gasteiger partial charge in [0.15, 0.2) is 0 Å². The summed E-state index contributed by atoms with van der Waals surface area (Å²) in [6.07, 6.45) is 4.27. The van der Waals surface area contributed by atoms with E-state index in [2.05, 4.69) is 43.8 Å². The quantitative estimate of drug-likeness (QED) is 0.790. The standard InChI is InChI=1S/C13H16BrN3S/c1-9-5-11-12(15-8-16-13(11)18-9)17-4-2-3-10(6-14)7-17/h5,8,10H,2-4,6-7H2,1H3. The number of aryl methyl sites for hydroxylation is 1. The van der Waals surface area contributed by atoms with E-state index in [0.29, 0.717) is 0 Å². The molecule has 96 valence electrons. The van der Waals surface area contributed by atoms with Gasteiger partial charge in [0.05, 0.1) is 5.39 Å². The molecule has 5 heteroatoms. The van der Waals surface area contributed by atoms with Crippen molar-refractivity contribution in [1.82, 2.24) is 9.97 Å². The van der Waals surface area contributed by atoms with Crippen LogP contribution in [0.25, 0.3) is 10.2 Å². The third-order valence-electron chi connectivity index (χ3n) is 3.47. The fourth-order valence-corrected chi connectivity index (χ4v) is 3.97. The van der Waals surface area contributed by atoms with Gasteiger partial charge < -0.3 is 4.90 Å². The first-order chi connectivity index (χ1) is 8.78. The molecule has 0 saturated carbocycles. The van der Waals surface area contributed by atoms with Crippen LogP contribution in [0.3, 0.4) is 0 Å². The van der Waals surface area contributed by atoms with Gasteiger partial charge in [0, 0.05) is 23.3 Å². The minimum atomic E-state index is 0.739. The van der Waals surface area contributed by atoms with Gasteiger partial charge in [-0.1, -0.05) is 15.9 Å². The van der Waals surface area contributed by atoms with E-state index in [4.69, 9.17) is 0 Å². The molecule has 1 saturated heterocycles. The average Bonchev–Trinajstić information content (AvgIpc) is 2.78. The SMILES string of the molecule is Cc1cc2c(N3CCCC(CBr)C3)ncnc2s1. The molecule has 0 spiro atoms. The number of thiophene rings is 1. The highest BCUT2D eigenvalue weighted by molar-refractivity contribution is 9.09. The summed E-state index contributed by atoms with van der Waals surface area (Å²) in [6.45, 7) is 4.35. The number of piperidine rings is 1. The Hall–Kier alpha value is -0.680. The van der Waals surface area contributed by atoms with Crippen LogP contribution in [0, 0.1) is 12.8 Å². The largest absolute Gasteiger partial charge is 0.356 e. The van der Waals surface area contributed by atoms with E-state index in [-0.39, 0.29) is 0 Å². The number of hydrogen-bond donors (Lipinski definition) is 0. The molecule has 1 aliphatic rings. The van der Waals surface area contributed by atoms with Crippen molar-refractivity contribution in [3.8, 4) is 0 Å². The van der Waals surface area contributed by atoms with Crippen molar-refractivity contribution in [3.63, 3.8) is 0 Å². The second kappa shape index (κ2) is 5.13. The second-order valence-corrected chi connectivity index (χ2v) is 6.76. The van der Waals surface area contributed by atoms with E-state index in [0.717, 1.165) is 35.0 Å². The molecule has 1 fully saturated rings. The summed E-state index contributed by atoms with van der Waals surface area (Å²) in [4.78, 5) is 13.7. The van der Waals surface area contributed by atoms with Crippen molar-refractivity contribution >= 4 is 43.3 Å². The van der Waals surface area contributed by atoms with Crippen LogP contribution in [-0.4, -0.2) is 28.4 Å². The number of anilines is 1. The lowest BCUT2D eigenvalue weighted by molar-refractivity contribution is 0.453. The number of alkyl halides is 1. The van der Waals surface area contributed by atoms with Crippen molar-refractivity contribution in [2.45, 2.75) is 19.8 Å². The first-order valence-electron chi connectivity index (χ1n) is 6.30. The molecule has 0 N–H and O–H groups in total. The molecule has 18 heavy (non-hydrogen) atoms. The molecule has 1 atom stereocenters. The van der Waals surface area contributed by atoms with E-state index in [9.17, 15) is 0 Å². The molecule has 0 bridgehead atoms. The van der Waals surface area contributed by atoms with Crippen LogP contribution in [0.15, 0.2) is 12.4 Å². The van der Waals surface area contributed by atoms with Gasteiger partial charge in [-0.2, -0.15) is 0 Å². The normalized spacial score (nSPS) is 20.6. The van der Waals surface area contributed by atoms with Crippen LogP contribution < -0.4 is 4.90 Å². The number of halogens is 1. The van der Waals surface area contributed by atoms with Crippen LogP contribution in [-0.2, 0) is 0 Å². The summed E-state index contributed by atoms with van der Waals surface area (Å²) in [5, 5.41) is 2.30. The topological polar surface area (TPSA) is 29.0 Å². The van der Waals surface area contributed by atoms with Gasteiger partial charge in [0.1, 0.15) is 17.0 Å². The van der Waals surface area contributed by atoms with Crippen LogP contribution in [0.1, 0.15) is 17.7 Å². The molecule has 2 aromatic heterocycles. The smallest absolute Gasteiger partial charge is 0.140 e. The Morgan fingerprint density at radius 3 is 3.22 bits per heavy atom. The van der Waals surface area contributed by atoms with E-state index >= 15 is 0 Å². The van der Waals surface area contributed by atoms with Gasteiger partial charge in [-0.25, -0.2) is 9.97 Å². The number of aromatic nitrogens is 2. The summed E-state index contributed by atoms with van der Waals surface area (Å²) in [7, 11) is 0. The summed E-state index contributed by atoms with van der Waals surface area (Å²) in [5.74, 6) is 1.86. The third kappa shape index (κ3) is 2.26. The van der Waals surface area contributed by atoms with Gasteiger partial charge >= 0.3 is 0 Å². The number of nitrogens with zero attached hydrogens (tertiary/aromatic N) is 3. The Labute approximate surface area is 119 Å². The minimum absolute atomic E-state index is 0.739. The Morgan fingerprint density at radius 2 is 2.39 bits per heavy atom. The van der Waals surface area contributed by atoms with Crippen molar-refractivity contribution in [1.29, 1.82) is 0 Å². The number of hydrogen-bond acceptors (Lipinski definition) is 4. The highest BCUT2D eigenvalue weighted by Gasteiger charge is 2.22. The van der Waals surface area contributed by atoms with Crippen LogP contribution in [0.2, 0.25) is 0 Å². The van der Waals surface area contributed by atoms with Crippen molar-refractivity contribution in [2.24, 2.45) is 5.92 Å². The third-order valence-corrected chi connectivity index (χ3v) is 5.34. The fraction of sp³-hybridized carbons (Fsp3) is 0.538. The lowest BCUT2D eigenvalue weighted by atomic mass is 10.0. The minimum Gasteiger partial charge on any atom is -0.356 e. The second-order valence-electron chi connectivity index (χ2n) is 4.88. The lowest BCUT2D eigenvalue weighted by Crippen LogP contribution is -2.36. The summed E-state index contributed by atoms with van der Waals surface area (Å²) in [6, 6.07) is 2.22. The maximum Gasteiger partial charge on any atom is 0.140 e. The van der Waals surface area contributed by atoms with Gasteiger partial charge in [0.2, 0.25) is 0 Å². The molecule has 3 nitrogen and oxygen atoms in total. The predicted octanol–water partition coefficient (Wildman–Crippen LogP) is 3.61. The van der Waals surface area contributed by atoms with Gasteiger partial charge in [0.25, 0.3) is 0 Å². The monoisotopic (exact) mass is 325 g/mol. The Morgan fingerprint density at radius 1 is 1.50 bits per heavy atom. The summed E-state index contributed by atoms with van der Waals surface area (Å²) in [5.41, 5.74) is 0. The number of rotatable bonds is 2. The molecule has 3 rings (SSSR count). The lowest BCUT2D eigenvalue weighted by Gasteiger charge is -2.33. The van der Waals surface area contributed by atoms with E-state index in [1.807, 2.05) is 0 Å². The average molecular weight is 326 g/mol. The molecule has 0 aliphatic carbocycles. The maximum absolute atomic E-state index is 4.52. The Balaban J connectivity index is 1.98. The zero-order valence-corrected chi connectivity index (χ0v) is 12.8. The molecule has 0 aromatic carbocycles. The zero-order valence-electron chi connectivity index (χ0n) is 10.4. The molecular weight excluding hydrogens is 310 g/mol. The first kappa shape index (κ1) is 12.4. The Kier molecular flexibility index (Phi) is 3.52. The molecule has 2 aromatic rings. The predicted molar refractivity (Wildman–Crippen MR) is 80.9 cm³/mol. The van der Waals surface area contributed by atoms with Gasteiger partial charge in [-0.3, -0.25) is 0 Å². The molecule has 1 aliphatic heterocycles. The molecule has 3 heterocycles. The van der Waals surface area contributed by atoms with Gasteiger partial charge in [-0.05, 0) is 31.7 Å². The summed E-state index contributed by atoms with van der Waals surface area (Å²) < 4.78 is 0. The molecule has 0 amide bonds. The van der Waals surface area contributed by atoms with E-state index in [1.165, 1.54) is 23.1 Å². The molecule has 1 unspecified atom stereocenters. The van der Waals surface area contributed by atoms with Crippen LogP contribution in [0.4, 0.5) is 5.82 Å². The van der Waals surface area contributed by atoms with E-state index in [1.54, 1.807) is 17.7 Å². The van der Waals surface area contributed by atoms with Crippen LogP contribution in [0.5, 0.6) is 0 Å². The molecule has 0 radical (unpaired) electrons. The first-order valence-corrected chi connectivity index (χ1v) is 8.24. The zero-order chi connectivity index (χ0) is 12.5. The van der Waals surface area contributed by atoms with Crippen molar-refractivity contribution in [2.75, 3.05) is 23.3 Å². The van der Waals surface area contributed by atoms with Crippen LogP contribution >= 0.6 is 27.3 Å². The Bertz CT molecular complexity index is 554. The number of fused-ring (bicyclic) bond motifs is 1. The van der Waals surface area contributed by atoms with Crippen molar-refractivity contribution < 1.29 is 0 Å². The van der Waals surface area contributed by atoms with Crippen molar-refractivity contribution in [3.05, 3.63) is 17.3 Å². The fourth-order valence-electron chi connectivity index (χ4n) is 2.60. The summed E-state index contributed by atoms with van der Waals surface area (Å²) >= 11 is 5.36.